The monoisotopic (exact) mass is 294 g/mol. The minimum Gasteiger partial charge on any atom is -0.507 e. The smallest absolute Gasteiger partial charge is 0.165 e. The molecule has 22 heavy (non-hydrogen) atoms. The average molecular weight is 294 g/mol. The van der Waals surface area contributed by atoms with Gasteiger partial charge in [-0.05, 0) is 31.9 Å². The van der Waals surface area contributed by atoms with E-state index in [2.05, 4.69) is 16.0 Å². The Bertz CT molecular complexity index is 758. The van der Waals surface area contributed by atoms with Crippen molar-refractivity contribution in [2.75, 3.05) is 5.73 Å². The lowest BCUT2D eigenvalue weighted by Gasteiger charge is -2.14. The highest BCUT2D eigenvalue weighted by atomic mass is 16.3. The Morgan fingerprint density at radius 1 is 1.27 bits per heavy atom. The Hall–Kier alpha value is -2.61. The van der Waals surface area contributed by atoms with E-state index in [1.54, 1.807) is 6.07 Å². The van der Waals surface area contributed by atoms with Gasteiger partial charge in [-0.15, -0.1) is 0 Å². The zero-order valence-electron chi connectivity index (χ0n) is 12.5. The number of nitriles is 1. The van der Waals surface area contributed by atoms with Gasteiger partial charge >= 0.3 is 0 Å². The first kappa shape index (κ1) is 14.3. The van der Waals surface area contributed by atoms with E-state index in [1.165, 1.54) is 0 Å². The fourth-order valence-corrected chi connectivity index (χ4v) is 3.05. The van der Waals surface area contributed by atoms with Crippen molar-refractivity contribution in [3.05, 3.63) is 35.0 Å². The molecule has 112 valence electrons. The van der Waals surface area contributed by atoms with E-state index in [0.29, 0.717) is 17.0 Å². The van der Waals surface area contributed by atoms with E-state index >= 15 is 0 Å². The third kappa shape index (κ3) is 2.48. The van der Waals surface area contributed by atoms with Gasteiger partial charge in [0.2, 0.25) is 0 Å². The molecule has 0 atom stereocenters. The maximum atomic E-state index is 10.1. The van der Waals surface area contributed by atoms with Crippen LogP contribution in [0.4, 0.5) is 5.82 Å². The lowest BCUT2D eigenvalue weighted by atomic mass is 9.99. The van der Waals surface area contributed by atoms with E-state index < -0.39 is 0 Å². The molecule has 0 amide bonds. The lowest BCUT2D eigenvalue weighted by molar-refractivity contribution is 0.476. The number of benzene rings is 1. The summed E-state index contributed by atoms with van der Waals surface area (Å²) in [7, 11) is 0. The maximum Gasteiger partial charge on any atom is 0.165 e. The van der Waals surface area contributed by atoms with Gasteiger partial charge in [-0.3, -0.25) is 0 Å². The van der Waals surface area contributed by atoms with Gasteiger partial charge in [-0.2, -0.15) is 5.26 Å². The van der Waals surface area contributed by atoms with E-state index in [4.69, 9.17) is 5.73 Å². The second-order valence-corrected chi connectivity index (χ2v) is 5.81. The normalized spacial score (nSPS) is 14.9. The van der Waals surface area contributed by atoms with Gasteiger partial charge in [0, 0.05) is 5.92 Å². The van der Waals surface area contributed by atoms with Gasteiger partial charge in [0.15, 0.2) is 5.82 Å². The second-order valence-electron chi connectivity index (χ2n) is 5.81. The van der Waals surface area contributed by atoms with Gasteiger partial charge in [-0.1, -0.05) is 24.5 Å². The molecule has 0 aliphatic heterocycles. The average Bonchev–Trinajstić information content (AvgIpc) is 3.03. The largest absolute Gasteiger partial charge is 0.507 e. The topological polar surface area (TPSA) is 95.8 Å². The third-order valence-corrected chi connectivity index (χ3v) is 4.21. The number of aromatic nitrogens is 2. The molecule has 0 bridgehead atoms. The van der Waals surface area contributed by atoms with Crippen molar-refractivity contribution in [1.29, 1.82) is 5.26 Å². The highest BCUT2D eigenvalue weighted by Crippen LogP contribution is 2.37. The van der Waals surface area contributed by atoms with Gasteiger partial charge in [0.1, 0.15) is 23.2 Å². The number of aryl methyl sites for hydroxylation is 1. The Balaban J connectivity index is 2.17. The van der Waals surface area contributed by atoms with Crippen LogP contribution in [0.25, 0.3) is 11.4 Å². The van der Waals surface area contributed by atoms with Crippen LogP contribution in [-0.2, 0) is 0 Å². The summed E-state index contributed by atoms with van der Waals surface area (Å²) in [6, 6.07) is 7.41. The Kier molecular flexibility index (Phi) is 3.68. The number of nitrogens with zero attached hydrogens (tertiary/aromatic N) is 3. The van der Waals surface area contributed by atoms with Crippen molar-refractivity contribution in [1.82, 2.24) is 9.97 Å². The highest BCUT2D eigenvalue weighted by molar-refractivity contribution is 5.67. The summed E-state index contributed by atoms with van der Waals surface area (Å²) in [6.45, 7) is 1.94. The van der Waals surface area contributed by atoms with Crippen LogP contribution >= 0.6 is 0 Å². The molecular weight excluding hydrogens is 276 g/mol. The number of rotatable bonds is 2. The molecule has 1 heterocycles. The first-order chi connectivity index (χ1) is 10.6. The highest BCUT2D eigenvalue weighted by Gasteiger charge is 2.25. The number of aromatic hydroxyl groups is 1. The molecule has 0 saturated heterocycles. The molecule has 0 unspecified atom stereocenters. The van der Waals surface area contributed by atoms with Crippen molar-refractivity contribution < 1.29 is 5.11 Å². The molecule has 3 N–H and O–H groups in total. The summed E-state index contributed by atoms with van der Waals surface area (Å²) in [5, 5.41) is 19.4. The zero-order valence-corrected chi connectivity index (χ0v) is 12.5. The molecule has 1 aromatic heterocycles. The van der Waals surface area contributed by atoms with Crippen LogP contribution in [0.2, 0.25) is 0 Å². The molecule has 0 radical (unpaired) electrons. The molecule has 1 fully saturated rings. The molecule has 1 aromatic carbocycles. The Labute approximate surface area is 129 Å². The lowest BCUT2D eigenvalue weighted by Crippen LogP contribution is -2.08. The standard InChI is InChI=1S/C17H18N4O/c1-10-6-7-14(22)12(8-10)17-20-15(11-4-2-3-5-11)13(9-18)16(19)21-17/h6-8,11,22H,2-5H2,1H3,(H2,19,20,21). The predicted octanol–water partition coefficient (Wildman–Crippen LogP) is 3.27. The summed E-state index contributed by atoms with van der Waals surface area (Å²) < 4.78 is 0. The van der Waals surface area contributed by atoms with E-state index in [0.717, 1.165) is 36.9 Å². The number of nitrogens with two attached hydrogens (primary N) is 1. The molecular formula is C17H18N4O. The van der Waals surface area contributed by atoms with E-state index in [9.17, 15) is 10.4 Å². The molecule has 1 aliphatic carbocycles. The maximum absolute atomic E-state index is 10.1. The van der Waals surface area contributed by atoms with Crippen molar-refractivity contribution in [2.24, 2.45) is 0 Å². The van der Waals surface area contributed by atoms with Gasteiger partial charge in [0.25, 0.3) is 0 Å². The van der Waals surface area contributed by atoms with Crippen LogP contribution < -0.4 is 5.73 Å². The third-order valence-electron chi connectivity index (χ3n) is 4.21. The summed E-state index contributed by atoms with van der Waals surface area (Å²) in [4.78, 5) is 8.82. The number of phenols is 1. The number of phenolic OH excluding ortho intramolecular Hbond substituents is 1. The summed E-state index contributed by atoms with van der Waals surface area (Å²) in [5.74, 6) is 0.952. The first-order valence-electron chi connectivity index (χ1n) is 7.47. The fourth-order valence-electron chi connectivity index (χ4n) is 3.05. The quantitative estimate of drug-likeness (QED) is 0.886. The second kappa shape index (κ2) is 5.64. The number of hydrogen-bond donors (Lipinski definition) is 2. The van der Waals surface area contributed by atoms with Crippen LogP contribution in [0.15, 0.2) is 18.2 Å². The van der Waals surface area contributed by atoms with Gasteiger partial charge in [0.05, 0.1) is 11.3 Å². The van der Waals surface area contributed by atoms with Crippen LogP contribution in [-0.4, -0.2) is 15.1 Å². The molecule has 5 heteroatoms. The molecule has 5 nitrogen and oxygen atoms in total. The number of anilines is 1. The predicted molar refractivity (Wildman–Crippen MR) is 84.2 cm³/mol. The van der Waals surface area contributed by atoms with Crippen molar-refractivity contribution in [2.45, 2.75) is 38.5 Å². The minimum absolute atomic E-state index is 0.118. The Morgan fingerprint density at radius 2 is 2.00 bits per heavy atom. The minimum atomic E-state index is 0.118. The summed E-state index contributed by atoms with van der Waals surface area (Å²) in [6.07, 6.45) is 4.32. The van der Waals surface area contributed by atoms with E-state index in [1.807, 2.05) is 19.1 Å². The van der Waals surface area contributed by atoms with Crippen LogP contribution in [0.1, 0.15) is 48.4 Å². The molecule has 3 rings (SSSR count). The molecule has 1 aliphatic rings. The fraction of sp³-hybridized carbons (Fsp3) is 0.353. The van der Waals surface area contributed by atoms with E-state index in [-0.39, 0.29) is 17.5 Å². The molecule has 0 spiro atoms. The zero-order chi connectivity index (χ0) is 15.7. The van der Waals surface area contributed by atoms with Gasteiger partial charge in [-0.25, -0.2) is 9.97 Å². The summed E-state index contributed by atoms with van der Waals surface area (Å²) >= 11 is 0. The number of nitrogen functional groups attached to an aromatic ring is 1. The Morgan fingerprint density at radius 3 is 2.68 bits per heavy atom. The SMILES string of the molecule is Cc1ccc(O)c(-c2nc(N)c(C#N)c(C3CCCC3)n2)c1. The number of hydrogen-bond acceptors (Lipinski definition) is 5. The van der Waals surface area contributed by atoms with Crippen molar-refractivity contribution >= 4 is 5.82 Å². The molecule has 1 saturated carbocycles. The van der Waals surface area contributed by atoms with Crippen molar-refractivity contribution in [3.63, 3.8) is 0 Å². The van der Waals surface area contributed by atoms with Crippen LogP contribution in [0.5, 0.6) is 5.75 Å². The van der Waals surface area contributed by atoms with Crippen LogP contribution in [0.3, 0.4) is 0 Å². The van der Waals surface area contributed by atoms with Gasteiger partial charge < -0.3 is 10.8 Å². The van der Waals surface area contributed by atoms with Crippen molar-refractivity contribution in [3.8, 4) is 23.2 Å². The summed E-state index contributed by atoms with van der Waals surface area (Å²) in [5.41, 5.74) is 8.63. The molecule has 2 aromatic rings. The van der Waals surface area contributed by atoms with Crippen LogP contribution in [0, 0.1) is 18.3 Å². The first-order valence-corrected chi connectivity index (χ1v) is 7.47.